The van der Waals surface area contributed by atoms with E-state index in [-0.39, 0.29) is 12.1 Å². The number of nitrogens with one attached hydrogen (secondary N) is 1. The van der Waals surface area contributed by atoms with Crippen molar-refractivity contribution in [3.63, 3.8) is 0 Å². The number of ether oxygens (including phenoxy) is 2. The molecule has 26 heavy (non-hydrogen) atoms. The number of amides is 2. The molecule has 7 heteroatoms. The zero-order chi connectivity index (χ0) is 18.7. The van der Waals surface area contributed by atoms with Gasteiger partial charge in [-0.15, -0.1) is 0 Å². The Balaban J connectivity index is 1.84. The van der Waals surface area contributed by atoms with Gasteiger partial charge in [0.05, 0.1) is 31.6 Å². The van der Waals surface area contributed by atoms with E-state index in [1.54, 1.807) is 32.4 Å². The van der Waals surface area contributed by atoms with Crippen LogP contribution < -0.4 is 14.8 Å². The van der Waals surface area contributed by atoms with Crippen LogP contribution in [0.5, 0.6) is 11.5 Å². The second-order valence-corrected chi connectivity index (χ2v) is 6.31. The predicted molar refractivity (Wildman–Crippen MR) is 97.9 cm³/mol. The average molecular weight is 359 g/mol. The van der Waals surface area contributed by atoms with Gasteiger partial charge >= 0.3 is 6.03 Å². The summed E-state index contributed by atoms with van der Waals surface area (Å²) in [6.07, 6.45) is 2.60. The zero-order valence-electron chi connectivity index (χ0n) is 15.7. The summed E-state index contributed by atoms with van der Waals surface area (Å²) in [5.41, 5.74) is 2.48. The van der Waals surface area contributed by atoms with Gasteiger partial charge in [0.25, 0.3) is 0 Å². The third kappa shape index (κ3) is 3.34. The topological polar surface area (TPSA) is 76.8 Å². The van der Waals surface area contributed by atoms with E-state index in [2.05, 4.69) is 10.5 Å². The number of aromatic nitrogens is 1. The number of benzene rings is 1. The molecule has 0 aliphatic carbocycles. The van der Waals surface area contributed by atoms with Crippen LogP contribution >= 0.6 is 0 Å². The Morgan fingerprint density at radius 3 is 2.88 bits per heavy atom. The summed E-state index contributed by atoms with van der Waals surface area (Å²) < 4.78 is 16.0. The van der Waals surface area contributed by atoms with E-state index in [0.717, 1.165) is 36.3 Å². The Kier molecular flexibility index (Phi) is 5.35. The Morgan fingerprint density at radius 2 is 2.19 bits per heavy atom. The number of anilines is 1. The molecule has 1 aromatic carbocycles. The summed E-state index contributed by atoms with van der Waals surface area (Å²) >= 11 is 0. The van der Waals surface area contributed by atoms with E-state index in [0.29, 0.717) is 23.7 Å². The van der Waals surface area contributed by atoms with Crippen LogP contribution in [0, 0.1) is 6.92 Å². The summed E-state index contributed by atoms with van der Waals surface area (Å²) in [5.74, 6) is 2.10. The van der Waals surface area contributed by atoms with Crippen molar-refractivity contribution in [3.05, 3.63) is 35.2 Å². The molecule has 3 rings (SSSR count). The highest BCUT2D eigenvalue weighted by Crippen LogP contribution is 2.37. The third-order valence-corrected chi connectivity index (χ3v) is 4.80. The Hall–Kier alpha value is -2.70. The number of rotatable bonds is 5. The molecule has 0 unspecified atom stereocenters. The first-order chi connectivity index (χ1) is 12.6. The van der Waals surface area contributed by atoms with Crippen LogP contribution in [-0.4, -0.2) is 36.9 Å². The molecule has 0 radical (unpaired) electrons. The van der Waals surface area contributed by atoms with Crippen LogP contribution in [0.2, 0.25) is 0 Å². The van der Waals surface area contributed by atoms with Gasteiger partial charge < -0.3 is 24.2 Å². The van der Waals surface area contributed by atoms with Crippen molar-refractivity contribution in [1.82, 2.24) is 10.1 Å². The summed E-state index contributed by atoms with van der Waals surface area (Å²) in [6.45, 7) is 4.65. The van der Waals surface area contributed by atoms with Crippen molar-refractivity contribution >= 4 is 11.7 Å². The Labute approximate surface area is 153 Å². The number of carbonyl (C=O) groups excluding carboxylic acids is 1. The van der Waals surface area contributed by atoms with Gasteiger partial charge in [0.1, 0.15) is 17.3 Å². The quantitative estimate of drug-likeness (QED) is 0.875. The largest absolute Gasteiger partial charge is 0.497 e. The number of methoxy groups -OCH3 is 2. The van der Waals surface area contributed by atoms with E-state index >= 15 is 0 Å². The highest BCUT2D eigenvalue weighted by atomic mass is 16.5. The highest BCUT2D eigenvalue weighted by Gasteiger charge is 2.34. The minimum absolute atomic E-state index is 0.0206. The van der Waals surface area contributed by atoms with Crippen molar-refractivity contribution in [1.29, 1.82) is 0 Å². The van der Waals surface area contributed by atoms with Gasteiger partial charge in [-0.3, -0.25) is 0 Å². The number of nitrogens with zero attached hydrogens (tertiary/aromatic N) is 2. The predicted octanol–water partition coefficient (Wildman–Crippen LogP) is 3.93. The minimum atomic E-state index is -0.165. The Bertz CT molecular complexity index is 787. The molecule has 0 spiro atoms. The number of aryl methyl sites for hydroxylation is 2. The lowest BCUT2D eigenvalue weighted by molar-refractivity contribution is 0.206. The molecule has 2 aromatic rings. The molecule has 1 N–H and O–H groups in total. The Morgan fingerprint density at radius 1 is 1.38 bits per heavy atom. The van der Waals surface area contributed by atoms with Crippen LogP contribution in [0.1, 0.15) is 42.8 Å². The summed E-state index contributed by atoms with van der Waals surface area (Å²) in [6, 6.07) is 5.13. The van der Waals surface area contributed by atoms with Crippen LogP contribution in [-0.2, 0) is 6.42 Å². The number of likely N-dealkylation sites (tertiary alicyclic amines) is 1. The lowest BCUT2D eigenvalue weighted by Crippen LogP contribution is -2.35. The minimum Gasteiger partial charge on any atom is -0.497 e. The molecule has 140 valence electrons. The smallest absolute Gasteiger partial charge is 0.322 e. The molecule has 2 amide bonds. The fourth-order valence-electron chi connectivity index (χ4n) is 3.51. The van der Waals surface area contributed by atoms with Gasteiger partial charge in [0.2, 0.25) is 0 Å². The van der Waals surface area contributed by atoms with E-state index in [1.165, 1.54) is 0 Å². The first-order valence-electron chi connectivity index (χ1n) is 8.83. The summed E-state index contributed by atoms with van der Waals surface area (Å²) in [4.78, 5) is 14.8. The molecule has 0 bridgehead atoms. The SMILES string of the molecule is CCc1onc(C)c1[C@@H]1CCCN1C(=O)Nc1cc(OC)ccc1OC. The van der Waals surface area contributed by atoms with Crippen LogP contribution in [0.15, 0.2) is 22.7 Å². The standard InChI is InChI=1S/C19H25N3O4/c1-5-16-18(12(2)21-26-16)15-7-6-10-22(15)19(23)20-14-11-13(24-3)8-9-17(14)25-4/h8-9,11,15H,5-7,10H2,1-4H3,(H,20,23)/t15-/m0/s1. The molecular formula is C19H25N3O4. The number of urea groups is 1. The van der Waals surface area contributed by atoms with Gasteiger partial charge in [-0.1, -0.05) is 12.1 Å². The first kappa shape index (κ1) is 18.1. The zero-order valence-corrected chi connectivity index (χ0v) is 15.7. The average Bonchev–Trinajstić information content (AvgIpc) is 3.27. The third-order valence-electron chi connectivity index (χ3n) is 4.80. The second-order valence-electron chi connectivity index (χ2n) is 6.31. The summed E-state index contributed by atoms with van der Waals surface area (Å²) in [7, 11) is 3.16. The van der Waals surface area contributed by atoms with Crippen LogP contribution in [0.3, 0.4) is 0 Å². The maximum absolute atomic E-state index is 13.0. The fraction of sp³-hybridized carbons (Fsp3) is 0.474. The normalized spacial score (nSPS) is 16.6. The number of hydrogen-bond donors (Lipinski definition) is 1. The van der Waals surface area contributed by atoms with Gasteiger partial charge in [-0.2, -0.15) is 0 Å². The molecule has 1 saturated heterocycles. The fourth-order valence-corrected chi connectivity index (χ4v) is 3.51. The van der Waals surface area contributed by atoms with Crippen LogP contribution in [0.4, 0.5) is 10.5 Å². The highest BCUT2D eigenvalue weighted by molar-refractivity contribution is 5.91. The van der Waals surface area contributed by atoms with E-state index < -0.39 is 0 Å². The maximum atomic E-state index is 13.0. The molecule has 1 atom stereocenters. The van der Waals surface area contributed by atoms with Crippen molar-refractivity contribution in [2.75, 3.05) is 26.1 Å². The molecule has 1 aliphatic rings. The lowest BCUT2D eigenvalue weighted by Gasteiger charge is -2.25. The first-order valence-corrected chi connectivity index (χ1v) is 8.83. The molecule has 0 saturated carbocycles. The van der Waals surface area contributed by atoms with E-state index in [9.17, 15) is 4.79 Å². The second kappa shape index (κ2) is 7.68. The lowest BCUT2D eigenvalue weighted by atomic mass is 10.0. The molecule has 2 heterocycles. The van der Waals surface area contributed by atoms with E-state index in [4.69, 9.17) is 14.0 Å². The summed E-state index contributed by atoms with van der Waals surface area (Å²) in [5, 5.41) is 7.05. The van der Waals surface area contributed by atoms with Gasteiger partial charge in [-0.05, 0) is 31.9 Å². The van der Waals surface area contributed by atoms with Gasteiger partial charge in [0.15, 0.2) is 0 Å². The van der Waals surface area contributed by atoms with Crippen molar-refractivity contribution in [2.45, 2.75) is 39.2 Å². The van der Waals surface area contributed by atoms with Gasteiger partial charge in [0, 0.05) is 24.6 Å². The molecule has 1 aliphatic heterocycles. The van der Waals surface area contributed by atoms with Crippen molar-refractivity contribution < 1.29 is 18.8 Å². The number of carbonyl (C=O) groups is 1. The maximum Gasteiger partial charge on any atom is 0.322 e. The molecule has 1 aromatic heterocycles. The van der Waals surface area contributed by atoms with Crippen LogP contribution in [0.25, 0.3) is 0 Å². The van der Waals surface area contributed by atoms with Gasteiger partial charge in [-0.25, -0.2) is 4.79 Å². The number of hydrogen-bond acceptors (Lipinski definition) is 5. The van der Waals surface area contributed by atoms with Crippen molar-refractivity contribution in [3.8, 4) is 11.5 Å². The van der Waals surface area contributed by atoms with E-state index in [1.807, 2.05) is 18.7 Å². The molecule has 7 nitrogen and oxygen atoms in total. The molecular weight excluding hydrogens is 334 g/mol. The molecule has 1 fully saturated rings. The monoisotopic (exact) mass is 359 g/mol. The van der Waals surface area contributed by atoms with Crippen molar-refractivity contribution in [2.24, 2.45) is 0 Å².